The van der Waals surface area contributed by atoms with Gasteiger partial charge in [-0.05, 0) is 116 Å². The number of nitrogens with one attached hydrogen (secondary N) is 3. The number of rotatable bonds is 16. The Labute approximate surface area is 425 Å². The molecule has 18 heteroatoms. The molecule has 6 aromatic rings. The Bertz CT molecular complexity index is 3120. The zero-order chi connectivity index (χ0) is 51.2. The van der Waals surface area contributed by atoms with Gasteiger partial charge in [0, 0.05) is 87.3 Å². The normalized spacial score (nSPS) is 21.4. The summed E-state index contributed by atoms with van der Waals surface area (Å²) in [5.41, 5.74) is 4.02. The molecule has 16 nitrogen and oxygen atoms in total. The smallest absolute Gasteiger partial charge is 0.293 e. The Morgan fingerprint density at radius 1 is 1.00 bits per heavy atom. The SMILES string of the molecule is COc1ccc(CN2CCN(C3CC4(C3)CN(c3ccc(C(=O)NS(=O)(=O)c5ccc(NCC6CCC(C)(O)CC6)c([N+](=O)[O-])c5)c(Oc5cnc6[nH]cc(F)c6c5)c3)C4)[C@H](c3ccccc3C(C)C)C2)cc1. The van der Waals surface area contributed by atoms with Crippen LogP contribution in [0.15, 0.2) is 108 Å². The van der Waals surface area contributed by atoms with E-state index in [4.69, 9.17) is 9.47 Å². The van der Waals surface area contributed by atoms with Gasteiger partial charge in [-0.25, -0.2) is 22.5 Å². The Hall–Kier alpha value is -6.60. The highest BCUT2D eigenvalue weighted by Gasteiger charge is 2.55. The minimum atomic E-state index is -4.64. The van der Waals surface area contributed by atoms with E-state index in [1.54, 1.807) is 26.2 Å². The van der Waals surface area contributed by atoms with Crippen molar-refractivity contribution in [3.05, 3.63) is 142 Å². The van der Waals surface area contributed by atoms with Gasteiger partial charge in [0.2, 0.25) is 0 Å². The van der Waals surface area contributed by atoms with Crippen molar-refractivity contribution in [1.29, 1.82) is 0 Å². The van der Waals surface area contributed by atoms with E-state index in [1.165, 1.54) is 53.3 Å². The van der Waals surface area contributed by atoms with Crippen molar-refractivity contribution in [2.45, 2.75) is 94.3 Å². The van der Waals surface area contributed by atoms with Gasteiger partial charge in [0.05, 0.1) is 39.7 Å². The van der Waals surface area contributed by atoms with E-state index in [0.29, 0.717) is 37.0 Å². The van der Waals surface area contributed by atoms with Crippen molar-refractivity contribution in [3.63, 3.8) is 0 Å². The number of ether oxygens (including phenoxy) is 2. The number of hydrogen-bond acceptors (Lipinski definition) is 13. The largest absolute Gasteiger partial charge is 0.497 e. The number of nitrogens with zero attached hydrogens (tertiary/aromatic N) is 5. The third kappa shape index (κ3) is 10.6. The highest BCUT2D eigenvalue weighted by atomic mass is 32.2. The molecule has 2 saturated carbocycles. The van der Waals surface area contributed by atoms with Gasteiger partial charge in [0.15, 0.2) is 0 Å². The lowest BCUT2D eigenvalue weighted by molar-refractivity contribution is -0.384. The summed E-state index contributed by atoms with van der Waals surface area (Å²) in [6.45, 7) is 12.0. The molecule has 384 valence electrons. The second-order valence-corrected chi connectivity index (χ2v) is 22.9. The standard InChI is InChI=1S/C55H63FN8O8S/c1-35(2)43-7-5-6-8-44(43)50-32-61(31-37-9-12-40(71-4)13-10-37)21-22-63(50)39-26-55(27-39)33-62(34-55)38-11-15-45(51(23-38)72-41-24-46-47(56)30-59-52(46)58-29-41)53(65)60-73(69,70)42-14-16-48(49(25-42)64(67)68)57-28-36-17-19-54(3,66)20-18-36/h5-16,23-25,29-30,35-36,39,50,57,66H,17-22,26-28,31-34H2,1-4H3,(H,58,59)(H,60,65)/t36?,50-,54?/m0/s1. The molecule has 2 aliphatic carbocycles. The van der Waals surface area contributed by atoms with Crippen LogP contribution in [0.4, 0.5) is 21.5 Å². The Morgan fingerprint density at radius 2 is 1.75 bits per heavy atom. The quantitative estimate of drug-likeness (QED) is 0.0529. The lowest BCUT2D eigenvalue weighted by atomic mass is 9.59. The summed E-state index contributed by atoms with van der Waals surface area (Å²) < 4.78 is 56.1. The molecular formula is C55H63FN8O8S. The van der Waals surface area contributed by atoms with E-state index in [0.717, 1.165) is 82.5 Å². The van der Waals surface area contributed by atoms with Gasteiger partial charge in [-0.3, -0.25) is 24.7 Å². The zero-order valence-electron chi connectivity index (χ0n) is 41.6. The summed E-state index contributed by atoms with van der Waals surface area (Å²) in [4.78, 5) is 39.7. The predicted octanol–water partition coefficient (Wildman–Crippen LogP) is 9.53. The van der Waals surface area contributed by atoms with Crippen LogP contribution in [0.3, 0.4) is 0 Å². The van der Waals surface area contributed by atoms with Crippen molar-refractivity contribution in [3.8, 4) is 17.2 Å². The Balaban J connectivity index is 0.847. The first kappa shape index (κ1) is 50.0. The van der Waals surface area contributed by atoms with Crippen LogP contribution in [0.2, 0.25) is 0 Å². The number of aromatic amines is 1. The zero-order valence-corrected chi connectivity index (χ0v) is 42.5. The number of amides is 1. The lowest BCUT2D eigenvalue weighted by Gasteiger charge is -2.63. The third-order valence-electron chi connectivity index (χ3n) is 15.6. The van der Waals surface area contributed by atoms with E-state index in [9.17, 15) is 32.8 Å². The number of anilines is 2. The number of fused-ring (bicyclic) bond motifs is 1. The number of halogens is 1. The summed E-state index contributed by atoms with van der Waals surface area (Å²) in [6.07, 6.45) is 7.37. The number of hydrogen-bond donors (Lipinski definition) is 4. The van der Waals surface area contributed by atoms with Gasteiger partial charge in [0.25, 0.3) is 21.6 Å². The fourth-order valence-electron chi connectivity index (χ4n) is 11.5. The number of methoxy groups -OCH3 is 1. The van der Waals surface area contributed by atoms with E-state index < -0.39 is 42.9 Å². The highest BCUT2D eigenvalue weighted by Crippen LogP contribution is 2.54. The van der Waals surface area contributed by atoms with Crippen molar-refractivity contribution < 1.29 is 37.1 Å². The number of nitro benzene ring substituents is 1. The predicted molar refractivity (Wildman–Crippen MR) is 277 cm³/mol. The maximum atomic E-state index is 14.7. The molecule has 2 aliphatic heterocycles. The number of carbonyl (C=O) groups excluding carboxylic acids is 1. The second kappa shape index (κ2) is 20.0. The minimum Gasteiger partial charge on any atom is -0.497 e. The van der Waals surface area contributed by atoms with Gasteiger partial charge in [-0.2, -0.15) is 0 Å². The molecule has 0 radical (unpaired) electrons. The molecule has 2 aromatic heterocycles. The van der Waals surface area contributed by atoms with Gasteiger partial charge in [0.1, 0.15) is 34.4 Å². The van der Waals surface area contributed by atoms with E-state index in [1.807, 2.05) is 12.1 Å². The van der Waals surface area contributed by atoms with Crippen LogP contribution >= 0.6 is 0 Å². The van der Waals surface area contributed by atoms with Gasteiger partial charge < -0.3 is 29.8 Å². The molecule has 73 heavy (non-hydrogen) atoms. The van der Waals surface area contributed by atoms with Crippen LogP contribution in [0.5, 0.6) is 17.2 Å². The maximum Gasteiger partial charge on any atom is 0.293 e. The number of piperazine rings is 1. The molecule has 1 spiro atoms. The summed E-state index contributed by atoms with van der Waals surface area (Å²) >= 11 is 0. The summed E-state index contributed by atoms with van der Waals surface area (Å²) in [5, 5.41) is 25.8. The molecule has 4 heterocycles. The topological polar surface area (TPSA) is 195 Å². The molecule has 4 fully saturated rings. The number of H-pyrrole nitrogens is 1. The van der Waals surface area contributed by atoms with Crippen molar-refractivity contribution >= 4 is 44.0 Å². The molecule has 4 N–H and O–H groups in total. The average Bonchev–Trinajstić information content (AvgIpc) is 3.72. The van der Waals surface area contributed by atoms with Crippen molar-refractivity contribution in [1.82, 2.24) is 24.5 Å². The third-order valence-corrected chi connectivity index (χ3v) is 17.0. The maximum absolute atomic E-state index is 14.7. The molecule has 4 aromatic carbocycles. The molecule has 10 rings (SSSR count). The molecule has 1 amide bonds. The van der Waals surface area contributed by atoms with Crippen molar-refractivity contribution in [2.24, 2.45) is 11.3 Å². The fourth-order valence-corrected chi connectivity index (χ4v) is 12.5. The molecule has 0 bridgehead atoms. The first-order valence-corrected chi connectivity index (χ1v) is 26.6. The Morgan fingerprint density at radius 3 is 2.48 bits per heavy atom. The molecular weight excluding hydrogens is 952 g/mol. The monoisotopic (exact) mass is 1010 g/mol. The van der Waals surface area contributed by atoms with Crippen LogP contribution in [0, 0.1) is 27.3 Å². The first-order valence-electron chi connectivity index (χ1n) is 25.2. The summed E-state index contributed by atoms with van der Waals surface area (Å²) in [6, 6.07) is 27.7. The van der Waals surface area contributed by atoms with Crippen LogP contribution in [-0.4, -0.2) is 102 Å². The number of sulfonamides is 1. The number of aromatic nitrogens is 2. The highest BCUT2D eigenvalue weighted by molar-refractivity contribution is 7.90. The first-order chi connectivity index (χ1) is 34.9. The second-order valence-electron chi connectivity index (χ2n) is 21.2. The van der Waals surface area contributed by atoms with Gasteiger partial charge >= 0.3 is 0 Å². The molecule has 4 aliphatic rings. The van der Waals surface area contributed by atoms with Gasteiger partial charge in [-0.1, -0.05) is 50.2 Å². The molecule has 1 atom stereocenters. The summed E-state index contributed by atoms with van der Waals surface area (Å²) in [5.74, 6) is -0.0167. The van der Waals surface area contributed by atoms with Crippen LogP contribution in [-0.2, 0) is 16.6 Å². The van der Waals surface area contributed by atoms with Crippen LogP contribution in [0.1, 0.15) is 98.3 Å². The summed E-state index contributed by atoms with van der Waals surface area (Å²) in [7, 11) is -2.96. The van der Waals surface area contributed by atoms with E-state index in [2.05, 4.69) is 85.0 Å². The van der Waals surface area contributed by atoms with Gasteiger partial charge in [-0.15, -0.1) is 0 Å². The Kier molecular flexibility index (Phi) is 13.7. The average molecular weight is 1020 g/mol. The number of carbonyl (C=O) groups is 1. The number of pyridine rings is 1. The molecule has 0 unspecified atom stereocenters. The van der Waals surface area contributed by atoms with Crippen LogP contribution in [0.25, 0.3) is 11.0 Å². The minimum absolute atomic E-state index is 0.0173. The van der Waals surface area contributed by atoms with E-state index in [-0.39, 0.29) is 45.5 Å². The lowest BCUT2D eigenvalue weighted by Crippen LogP contribution is -2.68. The fraction of sp³-hybridized carbons (Fsp3) is 0.418. The molecule has 2 saturated heterocycles. The number of nitro groups is 1. The van der Waals surface area contributed by atoms with Crippen molar-refractivity contribution in [2.75, 3.05) is 56.6 Å². The van der Waals surface area contributed by atoms with Crippen LogP contribution < -0.4 is 24.4 Å². The van der Waals surface area contributed by atoms with E-state index >= 15 is 0 Å². The number of aliphatic hydroxyl groups is 1. The number of benzene rings is 4.